The van der Waals surface area contributed by atoms with E-state index in [-0.39, 0.29) is 0 Å². The first-order chi connectivity index (χ1) is 7.78. The number of nitrogens with zero attached hydrogens (tertiary/aromatic N) is 3. The van der Waals surface area contributed by atoms with E-state index in [2.05, 4.69) is 20.8 Å². The molecule has 2 aromatic rings. The van der Waals surface area contributed by atoms with E-state index in [0.717, 1.165) is 17.8 Å². The monoisotopic (exact) mass is 218 g/mol. The van der Waals surface area contributed by atoms with Crippen molar-refractivity contribution in [2.75, 3.05) is 10.7 Å². The molecule has 0 saturated carbocycles. The fourth-order valence-corrected chi connectivity index (χ4v) is 1.39. The number of hydrazine groups is 1. The summed E-state index contributed by atoms with van der Waals surface area (Å²) in [5, 5.41) is 7.35. The Hall–Kier alpha value is -2.08. The second kappa shape index (κ2) is 4.63. The van der Waals surface area contributed by atoms with E-state index >= 15 is 0 Å². The summed E-state index contributed by atoms with van der Waals surface area (Å²) >= 11 is 0. The standard InChI is InChI=1S/C10H14N6/c1-16-7-8(6-14-16)5-13-9-2-3-12-10(4-9)15-11/h2-4,6-7H,5,11H2,1H3,(H2,12,13,15). The summed E-state index contributed by atoms with van der Waals surface area (Å²) < 4.78 is 1.77. The maximum Gasteiger partial charge on any atom is 0.141 e. The topological polar surface area (TPSA) is 80.8 Å². The Morgan fingerprint density at radius 1 is 1.50 bits per heavy atom. The highest BCUT2D eigenvalue weighted by Crippen LogP contribution is 2.11. The van der Waals surface area contributed by atoms with Gasteiger partial charge in [0.25, 0.3) is 0 Å². The van der Waals surface area contributed by atoms with Crippen LogP contribution >= 0.6 is 0 Å². The van der Waals surface area contributed by atoms with Gasteiger partial charge in [-0.25, -0.2) is 10.8 Å². The molecule has 0 radical (unpaired) electrons. The fraction of sp³-hybridized carbons (Fsp3) is 0.200. The largest absolute Gasteiger partial charge is 0.381 e. The van der Waals surface area contributed by atoms with Gasteiger partial charge in [-0.3, -0.25) is 4.68 Å². The Morgan fingerprint density at radius 2 is 2.38 bits per heavy atom. The van der Waals surface area contributed by atoms with E-state index in [4.69, 9.17) is 5.84 Å². The molecule has 0 aliphatic rings. The Morgan fingerprint density at radius 3 is 3.06 bits per heavy atom. The van der Waals surface area contributed by atoms with Crippen molar-refractivity contribution in [2.45, 2.75) is 6.54 Å². The molecule has 4 N–H and O–H groups in total. The van der Waals surface area contributed by atoms with Gasteiger partial charge in [-0.05, 0) is 6.07 Å². The van der Waals surface area contributed by atoms with Crippen molar-refractivity contribution in [3.63, 3.8) is 0 Å². The van der Waals surface area contributed by atoms with Crippen molar-refractivity contribution in [2.24, 2.45) is 12.9 Å². The Bertz CT molecular complexity index is 464. The van der Waals surface area contributed by atoms with Crippen molar-refractivity contribution >= 4 is 11.5 Å². The Labute approximate surface area is 93.5 Å². The third kappa shape index (κ3) is 2.48. The summed E-state index contributed by atoms with van der Waals surface area (Å²) in [4.78, 5) is 4.02. The van der Waals surface area contributed by atoms with Crippen LogP contribution < -0.4 is 16.6 Å². The number of nitrogen functional groups attached to an aromatic ring is 1. The van der Waals surface area contributed by atoms with Crippen LogP contribution in [0.5, 0.6) is 0 Å². The summed E-state index contributed by atoms with van der Waals surface area (Å²) in [5.74, 6) is 5.91. The van der Waals surface area contributed by atoms with Crippen molar-refractivity contribution in [3.05, 3.63) is 36.3 Å². The second-order valence-electron chi connectivity index (χ2n) is 3.45. The summed E-state index contributed by atoms with van der Waals surface area (Å²) in [6.45, 7) is 0.724. The van der Waals surface area contributed by atoms with E-state index in [1.807, 2.05) is 31.6 Å². The fourth-order valence-electron chi connectivity index (χ4n) is 1.39. The molecule has 0 unspecified atom stereocenters. The summed E-state index contributed by atoms with van der Waals surface area (Å²) in [6.07, 6.45) is 5.49. The molecule has 16 heavy (non-hydrogen) atoms. The zero-order valence-corrected chi connectivity index (χ0v) is 9.01. The highest BCUT2D eigenvalue weighted by molar-refractivity contribution is 5.51. The van der Waals surface area contributed by atoms with Crippen LogP contribution in [0.1, 0.15) is 5.56 Å². The quantitative estimate of drug-likeness (QED) is 0.520. The molecule has 2 aromatic heterocycles. The lowest BCUT2D eigenvalue weighted by molar-refractivity contribution is 0.767. The van der Waals surface area contributed by atoms with Gasteiger partial charge < -0.3 is 10.7 Å². The van der Waals surface area contributed by atoms with Crippen LogP contribution in [0.15, 0.2) is 30.7 Å². The van der Waals surface area contributed by atoms with Crippen LogP contribution in [0.3, 0.4) is 0 Å². The van der Waals surface area contributed by atoms with E-state index < -0.39 is 0 Å². The number of aryl methyl sites for hydroxylation is 1. The van der Waals surface area contributed by atoms with Crippen LogP contribution in [-0.2, 0) is 13.6 Å². The molecule has 6 nitrogen and oxygen atoms in total. The van der Waals surface area contributed by atoms with Gasteiger partial charge in [0.1, 0.15) is 5.82 Å². The van der Waals surface area contributed by atoms with Gasteiger partial charge in [0, 0.05) is 43.3 Å². The molecular formula is C10H14N6. The lowest BCUT2D eigenvalue weighted by atomic mass is 10.3. The van der Waals surface area contributed by atoms with Crippen LogP contribution in [0.4, 0.5) is 11.5 Å². The van der Waals surface area contributed by atoms with E-state index in [9.17, 15) is 0 Å². The van der Waals surface area contributed by atoms with Gasteiger partial charge in [0.2, 0.25) is 0 Å². The van der Waals surface area contributed by atoms with Crippen molar-refractivity contribution in [1.29, 1.82) is 0 Å². The number of nitrogens with one attached hydrogen (secondary N) is 2. The smallest absolute Gasteiger partial charge is 0.141 e. The molecule has 84 valence electrons. The first-order valence-corrected chi connectivity index (χ1v) is 4.92. The van der Waals surface area contributed by atoms with Gasteiger partial charge in [-0.15, -0.1) is 0 Å². The number of nitrogens with two attached hydrogens (primary N) is 1. The summed E-state index contributed by atoms with van der Waals surface area (Å²) in [5.41, 5.74) is 4.59. The van der Waals surface area contributed by atoms with Crippen molar-refractivity contribution < 1.29 is 0 Å². The molecule has 6 heteroatoms. The predicted octanol–water partition coefficient (Wildman–Crippen LogP) is 0.713. The third-order valence-electron chi connectivity index (χ3n) is 2.16. The first kappa shape index (κ1) is 10.4. The van der Waals surface area contributed by atoms with Crippen LogP contribution in [0.25, 0.3) is 0 Å². The van der Waals surface area contributed by atoms with Crippen LogP contribution in [-0.4, -0.2) is 14.8 Å². The minimum atomic E-state index is 0.635. The lowest BCUT2D eigenvalue weighted by Crippen LogP contribution is -2.08. The summed E-state index contributed by atoms with van der Waals surface area (Å²) in [6, 6.07) is 3.73. The van der Waals surface area contributed by atoms with Gasteiger partial charge in [-0.1, -0.05) is 0 Å². The molecular weight excluding hydrogens is 204 g/mol. The number of aromatic nitrogens is 3. The van der Waals surface area contributed by atoms with Gasteiger partial charge in [-0.2, -0.15) is 5.10 Å². The number of hydrogen-bond donors (Lipinski definition) is 3. The molecule has 0 aliphatic carbocycles. The predicted molar refractivity (Wildman–Crippen MR) is 62.6 cm³/mol. The molecule has 0 bridgehead atoms. The molecule has 0 saturated heterocycles. The molecule has 0 fully saturated rings. The lowest BCUT2D eigenvalue weighted by Gasteiger charge is -2.05. The summed E-state index contributed by atoms with van der Waals surface area (Å²) in [7, 11) is 1.90. The SMILES string of the molecule is Cn1cc(CNc2ccnc(NN)c2)cn1. The minimum Gasteiger partial charge on any atom is -0.381 e. The zero-order chi connectivity index (χ0) is 11.4. The molecule has 2 rings (SSSR count). The van der Waals surface area contributed by atoms with E-state index in [1.54, 1.807) is 10.9 Å². The Balaban J connectivity index is 1.99. The van der Waals surface area contributed by atoms with E-state index in [0.29, 0.717) is 5.82 Å². The Kier molecular flexibility index (Phi) is 3.02. The molecule has 0 aliphatic heterocycles. The number of anilines is 2. The third-order valence-corrected chi connectivity index (χ3v) is 2.16. The molecule has 0 aromatic carbocycles. The highest BCUT2D eigenvalue weighted by atomic mass is 15.2. The van der Waals surface area contributed by atoms with E-state index in [1.165, 1.54) is 0 Å². The highest BCUT2D eigenvalue weighted by Gasteiger charge is 1.97. The number of hydrogen-bond acceptors (Lipinski definition) is 5. The number of pyridine rings is 1. The normalized spacial score (nSPS) is 10.1. The maximum atomic E-state index is 5.28. The second-order valence-corrected chi connectivity index (χ2v) is 3.45. The maximum absolute atomic E-state index is 5.28. The minimum absolute atomic E-state index is 0.635. The van der Waals surface area contributed by atoms with Crippen LogP contribution in [0, 0.1) is 0 Å². The van der Waals surface area contributed by atoms with Gasteiger partial charge in [0.15, 0.2) is 0 Å². The first-order valence-electron chi connectivity index (χ1n) is 4.92. The molecule has 2 heterocycles. The molecule has 0 atom stereocenters. The van der Waals surface area contributed by atoms with Crippen molar-refractivity contribution in [1.82, 2.24) is 14.8 Å². The average Bonchev–Trinajstić information content (AvgIpc) is 2.73. The van der Waals surface area contributed by atoms with Gasteiger partial charge >= 0.3 is 0 Å². The van der Waals surface area contributed by atoms with Crippen molar-refractivity contribution in [3.8, 4) is 0 Å². The molecule has 0 spiro atoms. The zero-order valence-electron chi connectivity index (χ0n) is 9.01. The van der Waals surface area contributed by atoms with Gasteiger partial charge in [0.05, 0.1) is 6.20 Å². The van der Waals surface area contributed by atoms with Crippen LogP contribution in [0.2, 0.25) is 0 Å². The average molecular weight is 218 g/mol. The molecule has 0 amide bonds. The number of rotatable bonds is 4.